The first-order valence-corrected chi connectivity index (χ1v) is 17.7. The highest BCUT2D eigenvalue weighted by Crippen LogP contribution is 2.41. The fourth-order valence-corrected chi connectivity index (χ4v) is 7.53. The zero-order valence-electron chi connectivity index (χ0n) is 28.4. The van der Waals surface area contributed by atoms with E-state index >= 15 is 0 Å². The summed E-state index contributed by atoms with van der Waals surface area (Å²) in [7, 11) is 0. The lowest BCUT2D eigenvalue weighted by Crippen LogP contribution is -2.10. The predicted molar refractivity (Wildman–Crippen MR) is 220 cm³/mol. The van der Waals surface area contributed by atoms with E-state index in [0.29, 0.717) is 0 Å². The average Bonchev–Trinajstić information content (AvgIpc) is 3.66. The van der Waals surface area contributed by atoms with Crippen LogP contribution in [0, 0.1) is 0 Å². The van der Waals surface area contributed by atoms with Gasteiger partial charge in [0.2, 0.25) is 0 Å². The fraction of sp³-hybridized carbons (Fsp3) is 0. The summed E-state index contributed by atoms with van der Waals surface area (Å²) in [6.07, 6.45) is 0. The Kier molecular flexibility index (Phi) is 7.18. The molecule has 2 heteroatoms. The summed E-state index contributed by atoms with van der Waals surface area (Å²) in [6.45, 7) is 0. The molecule has 52 heavy (non-hydrogen) atoms. The highest BCUT2D eigenvalue weighted by Gasteiger charge is 2.17. The van der Waals surface area contributed by atoms with E-state index in [4.69, 9.17) is 4.42 Å². The first-order valence-electron chi connectivity index (χ1n) is 17.7. The Morgan fingerprint density at radius 1 is 0.308 bits per heavy atom. The summed E-state index contributed by atoms with van der Waals surface area (Å²) in [5.41, 5.74) is 10.1. The molecule has 10 aromatic rings. The summed E-state index contributed by atoms with van der Waals surface area (Å²) >= 11 is 0. The van der Waals surface area contributed by atoms with Crippen molar-refractivity contribution < 1.29 is 4.42 Å². The number of benzene rings is 9. The van der Waals surface area contributed by atoms with Gasteiger partial charge in [0.05, 0.1) is 5.69 Å². The highest BCUT2D eigenvalue weighted by atomic mass is 16.3. The monoisotopic (exact) mass is 663 g/mol. The number of anilines is 3. The van der Waals surface area contributed by atoms with Gasteiger partial charge in [-0.2, -0.15) is 0 Å². The Hall–Kier alpha value is -6.90. The third kappa shape index (κ3) is 5.39. The molecular formula is C50H33NO. The molecule has 0 aliphatic carbocycles. The van der Waals surface area contributed by atoms with Crippen LogP contribution in [0.3, 0.4) is 0 Å². The fourth-order valence-electron chi connectivity index (χ4n) is 7.53. The second-order valence-electron chi connectivity index (χ2n) is 13.4. The summed E-state index contributed by atoms with van der Waals surface area (Å²) in [6, 6.07) is 71.9. The number of furan rings is 1. The van der Waals surface area contributed by atoms with Crippen LogP contribution in [0.1, 0.15) is 0 Å². The molecule has 0 saturated carbocycles. The topological polar surface area (TPSA) is 16.4 Å². The minimum absolute atomic E-state index is 0.882. The van der Waals surface area contributed by atoms with Crippen molar-refractivity contribution in [2.75, 3.05) is 4.90 Å². The van der Waals surface area contributed by atoms with Gasteiger partial charge in [0.25, 0.3) is 0 Å². The highest BCUT2D eigenvalue weighted by molar-refractivity contribution is 6.01. The largest absolute Gasteiger partial charge is 0.456 e. The molecule has 244 valence electrons. The Labute approximate surface area is 302 Å². The van der Waals surface area contributed by atoms with Gasteiger partial charge in [0, 0.05) is 27.7 Å². The predicted octanol–water partition coefficient (Wildman–Crippen LogP) is 14.4. The molecule has 1 heterocycles. The minimum atomic E-state index is 0.882. The Morgan fingerprint density at radius 2 is 0.865 bits per heavy atom. The van der Waals surface area contributed by atoms with Crippen molar-refractivity contribution in [3.63, 3.8) is 0 Å². The van der Waals surface area contributed by atoms with E-state index < -0.39 is 0 Å². The van der Waals surface area contributed by atoms with Crippen LogP contribution in [-0.4, -0.2) is 0 Å². The van der Waals surface area contributed by atoms with Crippen LogP contribution >= 0.6 is 0 Å². The van der Waals surface area contributed by atoms with Crippen molar-refractivity contribution in [3.8, 4) is 33.6 Å². The number of para-hydroxylation sites is 1. The first-order chi connectivity index (χ1) is 25.7. The van der Waals surface area contributed by atoms with E-state index in [1.165, 1.54) is 49.0 Å². The van der Waals surface area contributed by atoms with Gasteiger partial charge in [-0.15, -0.1) is 0 Å². The molecule has 0 N–H and O–H groups in total. The van der Waals surface area contributed by atoms with Crippen LogP contribution in [-0.2, 0) is 0 Å². The number of hydrogen-bond donors (Lipinski definition) is 0. The maximum absolute atomic E-state index is 6.19. The van der Waals surface area contributed by atoms with Gasteiger partial charge >= 0.3 is 0 Å². The molecule has 1 aromatic heterocycles. The van der Waals surface area contributed by atoms with E-state index in [2.05, 4.69) is 187 Å². The van der Waals surface area contributed by atoms with Gasteiger partial charge in [-0.25, -0.2) is 0 Å². The molecule has 0 saturated heterocycles. The molecule has 0 spiro atoms. The zero-order valence-corrected chi connectivity index (χ0v) is 28.4. The summed E-state index contributed by atoms with van der Waals surface area (Å²) < 4.78 is 6.19. The summed E-state index contributed by atoms with van der Waals surface area (Å²) in [5, 5.41) is 8.43. The molecule has 0 radical (unpaired) electrons. The quantitative estimate of drug-likeness (QED) is 0.176. The summed E-state index contributed by atoms with van der Waals surface area (Å²) in [5.74, 6) is 0.882. The SMILES string of the molecule is c1cc(-c2ccc3cc(N(c4ccc(-c5ccc6ccccc6c5)cc4)c4cccc5ccccc45)ccc3c2)cc(-c2cc3ccccc3o2)c1. The van der Waals surface area contributed by atoms with E-state index in [9.17, 15) is 0 Å². The Morgan fingerprint density at radius 3 is 1.71 bits per heavy atom. The molecule has 0 aliphatic rings. The maximum Gasteiger partial charge on any atom is 0.135 e. The van der Waals surface area contributed by atoms with Crippen molar-refractivity contribution in [2.45, 2.75) is 0 Å². The minimum Gasteiger partial charge on any atom is -0.456 e. The van der Waals surface area contributed by atoms with Crippen LogP contribution in [0.15, 0.2) is 205 Å². The molecule has 0 aliphatic heterocycles. The van der Waals surface area contributed by atoms with Crippen LogP contribution in [0.25, 0.3) is 76.9 Å². The van der Waals surface area contributed by atoms with Gasteiger partial charge in [-0.1, -0.05) is 140 Å². The second kappa shape index (κ2) is 12.5. The number of hydrogen-bond acceptors (Lipinski definition) is 2. The zero-order chi connectivity index (χ0) is 34.4. The smallest absolute Gasteiger partial charge is 0.135 e. The average molecular weight is 664 g/mol. The van der Waals surface area contributed by atoms with E-state index in [0.717, 1.165) is 44.9 Å². The van der Waals surface area contributed by atoms with Gasteiger partial charge in [0.15, 0.2) is 0 Å². The van der Waals surface area contributed by atoms with Gasteiger partial charge in [0.1, 0.15) is 11.3 Å². The lowest BCUT2D eigenvalue weighted by atomic mass is 9.98. The molecule has 9 aromatic carbocycles. The third-order valence-electron chi connectivity index (χ3n) is 10.2. The van der Waals surface area contributed by atoms with E-state index in [1.54, 1.807) is 0 Å². The van der Waals surface area contributed by atoms with Crippen molar-refractivity contribution >= 4 is 60.3 Å². The third-order valence-corrected chi connectivity index (χ3v) is 10.2. The molecule has 10 rings (SSSR count). The summed E-state index contributed by atoms with van der Waals surface area (Å²) in [4.78, 5) is 2.39. The normalized spacial score (nSPS) is 11.5. The molecular weight excluding hydrogens is 631 g/mol. The first kappa shape index (κ1) is 30.0. The molecule has 0 fully saturated rings. The molecule has 2 nitrogen and oxygen atoms in total. The van der Waals surface area contributed by atoms with Gasteiger partial charge in [-0.05, 0) is 110 Å². The molecule has 0 bridgehead atoms. The van der Waals surface area contributed by atoms with E-state index in [-0.39, 0.29) is 0 Å². The molecule has 0 amide bonds. The second-order valence-corrected chi connectivity index (χ2v) is 13.4. The maximum atomic E-state index is 6.19. The van der Waals surface area contributed by atoms with Crippen molar-refractivity contribution in [2.24, 2.45) is 0 Å². The van der Waals surface area contributed by atoms with Gasteiger partial charge in [-0.3, -0.25) is 0 Å². The van der Waals surface area contributed by atoms with Crippen molar-refractivity contribution in [1.82, 2.24) is 0 Å². The van der Waals surface area contributed by atoms with Crippen LogP contribution in [0.4, 0.5) is 17.1 Å². The van der Waals surface area contributed by atoms with Crippen LogP contribution in [0.5, 0.6) is 0 Å². The van der Waals surface area contributed by atoms with E-state index in [1.807, 2.05) is 18.2 Å². The lowest BCUT2D eigenvalue weighted by molar-refractivity contribution is 0.631. The molecule has 0 atom stereocenters. The Bertz CT molecular complexity index is 2880. The number of nitrogens with zero attached hydrogens (tertiary/aromatic N) is 1. The molecule has 0 unspecified atom stereocenters. The van der Waals surface area contributed by atoms with Crippen molar-refractivity contribution in [3.05, 3.63) is 200 Å². The van der Waals surface area contributed by atoms with Crippen LogP contribution in [0.2, 0.25) is 0 Å². The number of fused-ring (bicyclic) bond motifs is 4. The van der Waals surface area contributed by atoms with Gasteiger partial charge < -0.3 is 9.32 Å². The number of rotatable bonds is 6. The lowest BCUT2D eigenvalue weighted by Gasteiger charge is -2.27. The van der Waals surface area contributed by atoms with Crippen molar-refractivity contribution in [1.29, 1.82) is 0 Å². The standard InChI is InChI=1S/C50H33NO/c1-2-11-37-29-39(20-19-34(37)9-1)35-23-26-45(27-24-35)51(48-17-8-13-36-10-3-5-16-47(36)48)46-28-25-41-30-40(21-22-42(41)32-46)38-14-7-15-43(31-38)50-33-44-12-4-6-18-49(44)52-50/h1-33H. The Balaban J connectivity index is 1.03. The van der Waals surface area contributed by atoms with Crippen LogP contribution < -0.4 is 4.90 Å².